The number of nitrogens with one attached hydrogen (secondary N) is 1. The van der Waals surface area contributed by atoms with Crippen molar-refractivity contribution in [3.05, 3.63) is 53.6 Å². The zero-order chi connectivity index (χ0) is 21.3. The van der Waals surface area contributed by atoms with Crippen molar-refractivity contribution >= 4 is 11.8 Å². The summed E-state index contributed by atoms with van der Waals surface area (Å²) in [4.78, 5) is 36.0. The van der Waals surface area contributed by atoms with Gasteiger partial charge in [-0.2, -0.15) is 0 Å². The number of carbonyl (C=O) groups excluding carboxylic acids is 2. The van der Waals surface area contributed by atoms with Crippen LogP contribution in [0.3, 0.4) is 0 Å². The monoisotopic (exact) mass is 408 g/mol. The summed E-state index contributed by atoms with van der Waals surface area (Å²) in [7, 11) is 0. The van der Waals surface area contributed by atoms with Gasteiger partial charge >= 0.3 is 0 Å². The zero-order valence-electron chi connectivity index (χ0n) is 17.7. The van der Waals surface area contributed by atoms with Crippen LogP contribution in [0.25, 0.3) is 0 Å². The smallest absolute Gasteiger partial charge is 0.271 e. The lowest BCUT2D eigenvalue weighted by Crippen LogP contribution is -2.52. The first-order valence-electron chi connectivity index (χ1n) is 10.6. The maximum atomic E-state index is 13.2. The summed E-state index contributed by atoms with van der Waals surface area (Å²) in [5.41, 5.74) is 1.79. The SMILES string of the molecule is Cc1cnc(C(=O)NC2CC3CCC(C2)N3C(=O)c2ccc(OC(C)C)cc2)cn1. The molecule has 30 heavy (non-hydrogen) atoms. The Labute approximate surface area is 176 Å². The van der Waals surface area contributed by atoms with Gasteiger partial charge in [-0.1, -0.05) is 0 Å². The van der Waals surface area contributed by atoms with E-state index in [-0.39, 0.29) is 36.0 Å². The molecule has 2 amide bonds. The minimum absolute atomic E-state index is 0.0453. The summed E-state index contributed by atoms with van der Waals surface area (Å²) in [5, 5.41) is 3.08. The number of ether oxygens (including phenoxy) is 1. The Bertz CT molecular complexity index is 897. The molecule has 7 nitrogen and oxygen atoms in total. The fraction of sp³-hybridized carbons (Fsp3) is 0.478. The van der Waals surface area contributed by atoms with Crippen LogP contribution in [0.1, 0.15) is 66.1 Å². The van der Waals surface area contributed by atoms with Crippen molar-refractivity contribution < 1.29 is 14.3 Å². The van der Waals surface area contributed by atoms with Crippen LogP contribution in [0, 0.1) is 6.92 Å². The number of nitrogens with zero attached hydrogens (tertiary/aromatic N) is 3. The molecule has 1 N–H and O–H groups in total. The van der Waals surface area contributed by atoms with Gasteiger partial charge in [0.2, 0.25) is 0 Å². The van der Waals surface area contributed by atoms with Gasteiger partial charge in [-0.15, -0.1) is 0 Å². The van der Waals surface area contributed by atoms with Crippen LogP contribution in [0.4, 0.5) is 0 Å². The summed E-state index contributed by atoms with van der Waals surface area (Å²) >= 11 is 0. The van der Waals surface area contributed by atoms with E-state index < -0.39 is 0 Å². The second-order valence-corrected chi connectivity index (χ2v) is 8.47. The normalized spacial score (nSPS) is 22.8. The Morgan fingerprint density at radius 2 is 1.73 bits per heavy atom. The fourth-order valence-electron chi connectivity index (χ4n) is 4.49. The van der Waals surface area contributed by atoms with Gasteiger partial charge < -0.3 is 15.0 Å². The van der Waals surface area contributed by atoms with Crippen molar-refractivity contribution in [2.24, 2.45) is 0 Å². The number of aryl methyl sites for hydroxylation is 1. The first-order chi connectivity index (χ1) is 14.4. The van der Waals surface area contributed by atoms with Gasteiger partial charge in [-0.3, -0.25) is 14.6 Å². The van der Waals surface area contributed by atoms with Crippen molar-refractivity contribution in [3.63, 3.8) is 0 Å². The molecule has 1 aromatic carbocycles. The molecule has 158 valence electrons. The van der Waals surface area contributed by atoms with Gasteiger partial charge in [-0.05, 0) is 70.7 Å². The van der Waals surface area contributed by atoms with E-state index in [1.165, 1.54) is 6.20 Å². The first kappa shape index (κ1) is 20.3. The minimum Gasteiger partial charge on any atom is -0.491 e. The number of rotatable bonds is 5. The van der Waals surface area contributed by atoms with Gasteiger partial charge in [0.1, 0.15) is 11.4 Å². The summed E-state index contributed by atoms with van der Waals surface area (Å²) in [6, 6.07) is 7.72. The molecule has 2 saturated heterocycles. The molecule has 2 aliphatic rings. The lowest BCUT2D eigenvalue weighted by molar-refractivity contribution is 0.0549. The number of fused-ring (bicyclic) bond motifs is 2. The van der Waals surface area contributed by atoms with Crippen molar-refractivity contribution in [2.45, 2.75) is 70.7 Å². The number of carbonyl (C=O) groups is 2. The number of aromatic nitrogens is 2. The number of amides is 2. The molecular formula is C23H28N4O3. The second kappa shape index (κ2) is 8.42. The third-order valence-electron chi connectivity index (χ3n) is 5.79. The molecule has 7 heteroatoms. The lowest BCUT2D eigenvalue weighted by atomic mass is 9.96. The van der Waals surface area contributed by atoms with Crippen LogP contribution >= 0.6 is 0 Å². The summed E-state index contributed by atoms with van der Waals surface area (Å²) in [5.74, 6) is 0.630. The van der Waals surface area contributed by atoms with E-state index in [4.69, 9.17) is 4.74 Å². The molecule has 2 aromatic rings. The van der Waals surface area contributed by atoms with E-state index >= 15 is 0 Å². The second-order valence-electron chi connectivity index (χ2n) is 8.47. The predicted molar refractivity (Wildman–Crippen MR) is 112 cm³/mol. The molecule has 0 radical (unpaired) electrons. The van der Waals surface area contributed by atoms with Gasteiger partial charge in [0.05, 0.1) is 18.0 Å². The Hall–Kier alpha value is -2.96. The molecule has 0 spiro atoms. The van der Waals surface area contributed by atoms with E-state index in [1.807, 2.05) is 49.9 Å². The highest BCUT2D eigenvalue weighted by molar-refractivity contribution is 5.95. The molecule has 2 unspecified atom stereocenters. The van der Waals surface area contributed by atoms with Gasteiger partial charge in [0.25, 0.3) is 11.8 Å². The Morgan fingerprint density at radius 1 is 1.07 bits per heavy atom. The maximum absolute atomic E-state index is 13.2. The quantitative estimate of drug-likeness (QED) is 0.822. The molecule has 3 heterocycles. The van der Waals surface area contributed by atoms with E-state index in [0.717, 1.165) is 37.1 Å². The number of piperidine rings is 1. The predicted octanol–water partition coefficient (Wildman–Crippen LogP) is 3.14. The topological polar surface area (TPSA) is 84.4 Å². The van der Waals surface area contributed by atoms with E-state index in [1.54, 1.807) is 6.20 Å². The first-order valence-corrected chi connectivity index (χ1v) is 10.6. The van der Waals surface area contributed by atoms with Gasteiger partial charge in [-0.25, -0.2) is 4.98 Å². The molecular weight excluding hydrogens is 380 g/mol. The third kappa shape index (κ3) is 4.30. The van der Waals surface area contributed by atoms with E-state index in [2.05, 4.69) is 15.3 Å². The average Bonchev–Trinajstić information content (AvgIpc) is 2.98. The van der Waals surface area contributed by atoms with Crippen molar-refractivity contribution in [2.75, 3.05) is 0 Å². The van der Waals surface area contributed by atoms with Crippen LogP contribution in [-0.4, -0.2) is 50.9 Å². The number of benzene rings is 1. The molecule has 4 rings (SSSR count). The van der Waals surface area contributed by atoms with E-state index in [9.17, 15) is 9.59 Å². The summed E-state index contributed by atoms with van der Waals surface area (Å²) in [6.07, 6.45) is 6.68. The van der Waals surface area contributed by atoms with Crippen molar-refractivity contribution in [1.82, 2.24) is 20.2 Å². The molecule has 2 fully saturated rings. The average molecular weight is 409 g/mol. The van der Waals surface area contributed by atoms with Crippen molar-refractivity contribution in [1.29, 1.82) is 0 Å². The highest BCUT2D eigenvalue weighted by Gasteiger charge is 2.43. The summed E-state index contributed by atoms with van der Waals surface area (Å²) < 4.78 is 5.67. The van der Waals surface area contributed by atoms with E-state index in [0.29, 0.717) is 11.3 Å². The van der Waals surface area contributed by atoms with Crippen molar-refractivity contribution in [3.8, 4) is 5.75 Å². The molecule has 2 bridgehead atoms. The lowest BCUT2D eigenvalue weighted by Gasteiger charge is -2.39. The Kier molecular flexibility index (Phi) is 5.70. The number of hydrogen-bond donors (Lipinski definition) is 1. The Morgan fingerprint density at radius 3 is 2.30 bits per heavy atom. The van der Waals surface area contributed by atoms with Gasteiger partial charge in [0, 0.05) is 29.9 Å². The van der Waals surface area contributed by atoms with Crippen LogP contribution < -0.4 is 10.1 Å². The van der Waals surface area contributed by atoms with Gasteiger partial charge in [0.15, 0.2) is 0 Å². The molecule has 2 aliphatic heterocycles. The minimum atomic E-state index is -0.201. The Balaban J connectivity index is 1.39. The molecule has 2 atom stereocenters. The van der Waals surface area contributed by atoms with Crippen LogP contribution in [-0.2, 0) is 0 Å². The van der Waals surface area contributed by atoms with Crippen LogP contribution in [0.2, 0.25) is 0 Å². The molecule has 0 saturated carbocycles. The molecule has 0 aliphatic carbocycles. The fourth-order valence-corrected chi connectivity index (χ4v) is 4.49. The third-order valence-corrected chi connectivity index (χ3v) is 5.79. The zero-order valence-corrected chi connectivity index (χ0v) is 17.7. The highest BCUT2D eigenvalue weighted by atomic mass is 16.5. The summed E-state index contributed by atoms with van der Waals surface area (Å²) in [6.45, 7) is 5.79. The van der Waals surface area contributed by atoms with Crippen LogP contribution in [0.15, 0.2) is 36.7 Å². The largest absolute Gasteiger partial charge is 0.491 e. The number of hydrogen-bond acceptors (Lipinski definition) is 5. The highest BCUT2D eigenvalue weighted by Crippen LogP contribution is 2.37. The molecule has 1 aromatic heterocycles. The maximum Gasteiger partial charge on any atom is 0.271 e. The van der Waals surface area contributed by atoms with Crippen LogP contribution in [0.5, 0.6) is 5.75 Å². The standard InChI is InChI=1S/C23H28N4O3/c1-14(2)30-20-8-4-16(5-9-20)23(29)27-18-6-7-19(27)11-17(10-18)26-22(28)21-13-24-15(3)12-25-21/h4-5,8-9,12-14,17-19H,6-7,10-11H2,1-3H3,(H,26,28).